The van der Waals surface area contributed by atoms with Crippen molar-refractivity contribution in [2.75, 3.05) is 13.7 Å². The van der Waals surface area contributed by atoms with E-state index in [1.807, 2.05) is 13.8 Å². The van der Waals surface area contributed by atoms with Crippen molar-refractivity contribution in [2.45, 2.75) is 20.0 Å². The standard InChI is InChI=1S/C15H21N3O3S/c1-5-8-16-15(22)18-17-14(19)11-6-7-12(21-10(2)3)13(9-11)20-4/h5-7,9-10H,1,8H2,2-4H3,(H,17,19)(H2,16,18,22). The van der Waals surface area contributed by atoms with Gasteiger partial charge in [0.25, 0.3) is 5.91 Å². The summed E-state index contributed by atoms with van der Waals surface area (Å²) >= 11 is 4.98. The van der Waals surface area contributed by atoms with Gasteiger partial charge in [-0.3, -0.25) is 15.6 Å². The van der Waals surface area contributed by atoms with Crippen LogP contribution in [0.1, 0.15) is 24.2 Å². The maximum atomic E-state index is 12.0. The molecule has 3 N–H and O–H groups in total. The Morgan fingerprint density at radius 1 is 1.36 bits per heavy atom. The van der Waals surface area contributed by atoms with Crippen LogP contribution in [0.4, 0.5) is 0 Å². The molecule has 0 aromatic heterocycles. The fourth-order valence-electron chi connectivity index (χ4n) is 1.55. The van der Waals surface area contributed by atoms with Crippen LogP contribution in [0.15, 0.2) is 30.9 Å². The molecule has 7 heteroatoms. The second kappa shape index (κ2) is 8.89. The van der Waals surface area contributed by atoms with Gasteiger partial charge in [-0.1, -0.05) is 6.08 Å². The Balaban J connectivity index is 2.69. The Labute approximate surface area is 135 Å². The predicted molar refractivity (Wildman–Crippen MR) is 90.2 cm³/mol. The molecule has 0 fully saturated rings. The van der Waals surface area contributed by atoms with E-state index in [1.54, 1.807) is 24.3 Å². The zero-order chi connectivity index (χ0) is 16.5. The second-order valence-electron chi connectivity index (χ2n) is 4.61. The van der Waals surface area contributed by atoms with Crippen LogP contribution in [-0.4, -0.2) is 30.8 Å². The molecule has 120 valence electrons. The van der Waals surface area contributed by atoms with E-state index in [-0.39, 0.29) is 12.0 Å². The number of thiocarbonyl (C=S) groups is 1. The summed E-state index contributed by atoms with van der Waals surface area (Å²) in [6.45, 7) is 7.91. The molecule has 1 rings (SSSR count). The SMILES string of the molecule is C=CCNC(=S)NNC(=O)c1ccc(OC(C)C)c(OC)c1. The largest absolute Gasteiger partial charge is 0.493 e. The summed E-state index contributed by atoms with van der Waals surface area (Å²) < 4.78 is 10.8. The Hall–Kier alpha value is -2.28. The molecule has 0 radical (unpaired) electrons. The van der Waals surface area contributed by atoms with Crippen LogP contribution in [0, 0.1) is 0 Å². The molecule has 0 unspecified atom stereocenters. The number of hydrogen-bond donors (Lipinski definition) is 3. The average molecular weight is 323 g/mol. The van der Waals surface area contributed by atoms with Crippen molar-refractivity contribution in [3.63, 3.8) is 0 Å². The third-order valence-corrected chi connectivity index (χ3v) is 2.73. The van der Waals surface area contributed by atoms with Crippen LogP contribution in [0.2, 0.25) is 0 Å². The van der Waals surface area contributed by atoms with Crippen molar-refractivity contribution >= 4 is 23.2 Å². The molecule has 0 bridgehead atoms. The Morgan fingerprint density at radius 2 is 2.09 bits per heavy atom. The van der Waals surface area contributed by atoms with Crippen molar-refractivity contribution < 1.29 is 14.3 Å². The molecule has 0 atom stereocenters. The van der Waals surface area contributed by atoms with Gasteiger partial charge in [0.2, 0.25) is 0 Å². The minimum atomic E-state index is -0.336. The number of hydrazine groups is 1. The topological polar surface area (TPSA) is 71.6 Å². The number of amides is 1. The number of benzene rings is 1. The summed E-state index contributed by atoms with van der Waals surface area (Å²) in [4.78, 5) is 12.0. The first-order valence-electron chi connectivity index (χ1n) is 6.77. The first-order chi connectivity index (χ1) is 10.5. The van der Waals surface area contributed by atoms with Gasteiger partial charge in [0, 0.05) is 12.1 Å². The third-order valence-electron chi connectivity index (χ3n) is 2.49. The molecule has 0 spiro atoms. The number of nitrogens with one attached hydrogen (secondary N) is 3. The molecule has 0 aliphatic carbocycles. The van der Waals surface area contributed by atoms with Gasteiger partial charge in [-0.05, 0) is 44.3 Å². The lowest BCUT2D eigenvalue weighted by Gasteiger charge is -2.15. The lowest BCUT2D eigenvalue weighted by atomic mass is 10.2. The molecule has 0 aliphatic heterocycles. The summed E-state index contributed by atoms with van der Waals surface area (Å²) in [7, 11) is 1.52. The van der Waals surface area contributed by atoms with Gasteiger partial charge in [-0.25, -0.2) is 0 Å². The normalized spacial score (nSPS) is 9.82. The van der Waals surface area contributed by atoms with E-state index < -0.39 is 0 Å². The zero-order valence-corrected chi connectivity index (χ0v) is 13.8. The molecular weight excluding hydrogens is 302 g/mol. The van der Waals surface area contributed by atoms with E-state index in [0.29, 0.717) is 28.7 Å². The molecule has 0 heterocycles. The zero-order valence-electron chi connectivity index (χ0n) is 12.9. The Bertz CT molecular complexity index is 547. The summed E-state index contributed by atoms with van der Waals surface area (Å²) in [5.41, 5.74) is 5.52. The van der Waals surface area contributed by atoms with Crippen LogP contribution in [0.5, 0.6) is 11.5 Å². The van der Waals surface area contributed by atoms with E-state index >= 15 is 0 Å². The summed E-state index contributed by atoms with van der Waals surface area (Å²) in [6.07, 6.45) is 1.68. The molecule has 1 aromatic rings. The van der Waals surface area contributed by atoms with Crippen molar-refractivity contribution in [3.8, 4) is 11.5 Å². The molecule has 22 heavy (non-hydrogen) atoms. The number of hydrogen-bond acceptors (Lipinski definition) is 4. The van der Waals surface area contributed by atoms with Gasteiger partial charge in [0.1, 0.15) is 0 Å². The molecule has 0 aliphatic rings. The second-order valence-corrected chi connectivity index (χ2v) is 5.02. The minimum Gasteiger partial charge on any atom is -0.493 e. The fraction of sp³-hybridized carbons (Fsp3) is 0.333. The third kappa shape index (κ3) is 5.61. The van der Waals surface area contributed by atoms with Gasteiger partial charge < -0.3 is 14.8 Å². The number of methoxy groups -OCH3 is 1. The van der Waals surface area contributed by atoms with Crippen molar-refractivity contribution in [3.05, 3.63) is 36.4 Å². The van der Waals surface area contributed by atoms with Crippen LogP contribution < -0.4 is 25.6 Å². The lowest BCUT2D eigenvalue weighted by molar-refractivity contribution is 0.0943. The highest BCUT2D eigenvalue weighted by molar-refractivity contribution is 7.80. The molecule has 0 saturated carbocycles. The van der Waals surface area contributed by atoms with E-state index in [2.05, 4.69) is 22.7 Å². The predicted octanol–water partition coefficient (Wildman–Crippen LogP) is 1.78. The summed E-state index contributed by atoms with van der Waals surface area (Å²) in [6, 6.07) is 4.95. The van der Waals surface area contributed by atoms with Crippen molar-refractivity contribution in [1.82, 2.24) is 16.2 Å². The molecule has 6 nitrogen and oxygen atoms in total. The van der Waals surface area contributed by atoms with Crippen molar-refractivity contribution in [1.29, 1.82) is 0 Å². The molecule has 0 saturated heterocycles. The minimum absolute atomic E-state index is 0.0172. The highest BCUT2D eigenvalue weighted by atomic mass is 32.1. The van der Waals surface area contributed by atoms with E-state index in [4.69, 9.17) is 21.7 Å². The van der Waals surface area contributed by atoms with Gasteiger partial charge in [0.15, 0.2) is 16.6 Å². The van der Waals surface area contributed by atoms with E-state index in [0.717, 1.165) is 0 Å². The number of carbonyl (C=O) groups excluding carboxylic acids is 1. The van der Waals surface area contributed by atoms with E-state index in [1.165, 1.54) is 7.11 Å². The maximum absolute atomic E-state index is 12.0. The first kappa shape index (κ1) is 17.8. The van der Waals surface area contributed by atoms with Crippen LogP contribution in [0.25, 0.3) is 0 Å². The van der Waals surface area contributed by atoms with Gasteiger partial charge >= 0.3 is 0 Å². The Morgan fingerprint density at radius 3 is 2.68 bits per heavy atom. The van der Waals surface area contributed by atoms with Gasteiger partial charge in [-0.15, -0.1) is 6.58 Å². The number of rotatable bonds is 6. The van der Waals surface area contributed by atoms with Gasteiger partial charge in [0.05, 0.1) is 13.2 Å². The van der Waals surface area contributed by atoms with E-state index in [9.17, 15) is 4.79 Å². The highest BCUT2D eigenvalue weighted by Crippen LogP contribution is 2.28. The summed E-state index contributed by atoms with van der Waals surface area (Å²) in [5.74, 6) is 0.746. The lowest BCUT2D eigenvalue weighted by Crippen LogP contribution is -2.46. The summed E-state index contributed by atoms with van der Waals surface area (Å²) in [5, 5.41) is 3.14. The Kier molecular flexibility index (Phi) is 7.18. The van der Waals surface area contributed by atoms with Crippen LogP contribution >= 0.6 is 12.2 Å². The molecular formula is C15H21N3O3S. The van der Waals surface area contributed by atoms with Gasteiger partial charge in [-0.2, -0.15) is 0 Å². The quantitative estimate of drug-likeness (QED) is 0.421. The maximum Gasteiger partial charge on any atom is 0.269 e. The average Bonchev–Trinajstić information content (AvgIpc) is 2.50. The fourth-order valence-corrected chi connectivity index (χ4v) is 1.69. The number of ether oxygens (including phenoxy) is 2. The number of carbonyl (C=O) groups is 1. The molecule has 1 amide bonds. The van der Waals surface area contributed by atoms with Crippen molar-refractivity contribution in [2.24, 2.45) is 0 Å². The monoisotopic (exact) mass is 323 g/mol. The molecule has 1 aromatic carbocycles. The van der Waals surface area contributed by atoms with Crippen LogP contribution in [0.3, 0.4) is 0 Å². The first-order valence-corrected chi connectivity index (χ1v) is 7.18. The highest BCUT2D eigenvalue weighted by Gasteiger charge is 2.12. The van der Waals surface area contributed by atoms with Crippen LogP contribution in [-0.2, 0) is 0 Å². The smallest absolute Gasteiger partial charge is 0.269 e.